The number of aryl methyl sites for hydroxylation is 1. The molecule has 1 saturated heterocycles. The van der Waals surface area contributed by atoms with Gasteiger partial charge in [-0.3, -0.25) is 4.98 Å². The van der Waals surface area contributed by atoms with E-state index in [1.165, 1.54) is 22.9 Å². The van der Waals surface area contributed by atoms with Crippen LogP contribution >= 0.6 is 12.2 Å². The SMILES string of the molecule is Cc1cc([C@@H]2[C@H](c3ccccn3)NC(=S)N2c2ccc(F)cc2)c(C)n1-c1cccc2ccccc12. The molecule has 0 unspecified atom stereocenters. The predicted octanol–water partition coefficient (Wildman–Crippen LogP) is 6.96. The summed E-state index contributed by atoms with van der Waals surface area (Å²) in [7, 11) is 0. The van der Waals surface area contributed by atoms with Gasteiger partial charge in [0.2, 0.25) is 0 Å². The molecule has 1 aliphatic heterocycles. The Hall–Kier alpha value is -4.03. The van der Waals surface area contributed by atoms with Crippen LogP contribution in [0.1, 0.15) is 34.7 Å². The molecule has 0 spiro atoms. The lowest BCUT2D eigenvalue weighted by atomic mass is 9.96. The van der Waals surface area contributed by atoms with E-state index in [4.69, 9.17) is 12.2 Å². The highest BCUT2D eigenvalue weighted by molar-refractivity contribution is 7.80. The Bertz CT molecular complexity index is 1570. The molecule has 1 N–H and O–H groups in total. The van der Waals surface area contributed by atoms with E-state index in [1.807, 2.05) is 18.2 Å². The van der Waals surface area contributed by atoms with Crippen LogP contribution in [0.2, 0.25) is 0 Å². The lowest BCUT2D eigenvalue weighted by Crippen LogP contribution is -2.29. The van der Waals surface area contributed by atoms with Crippen molar-refractivity contribution >= 4 is 33.8 Å². The molecule has 4 nitrogen and oxygen atoms in total. The second-order valence-corrected chi connectivity index (χ2v) is 9.52. The number of halogens is 1. The molecule has 2 atom stereocenters. The number of aromatic nitrogens is 2. The molecule has 0 saturated carbocycles. The maximum Gasteiger partial charge on any atom is 0.174 e. The number of nitrogens with zero attached hydrogens (tertiary/aromatic N) is 3. The van der Waals surface area contributed by atoms with E-state index in [-0.39, 0.29) is 17.9 Å². The molecule has 1 aliphatic rings. The van der Waals surface area contributed by atoms with E-state index >= 15 is 0 Å². The van der Waals surface area contributed by atoms with Crippen molar-refractivity contribution in [3.05, 3.63) is 126 Å². The average molecular weight is 493 g/mol. The number of fused-ring (bicyclic) bond motifs is 1. The Labute approximate surface area is 215 Å². The number of nitrogens with one attached hydrogen (secondary N) is 1. The van der Waals surface area contributed by atoms with Crippen molar-refractivity contribution in [1.82, 2.24) is 14.9 Å². The van der Waals surface area contributed by atoms with Gasteiger partial charge in [-0.15, -0.1) is 0 Å². The van der Waals surface area contributed by atoms with Crippen LogP contribution in [0.3, 0.4) is 0 Å². The molecule has 0 aliphatic carbocycles. The number of anilines is 1. The van der Waals surface area contributed by atoms with Gasteiger partial charge in [0.15, 0.2) is 5.11 Å². The normalized spacial score (nSPS) is 17.5. The summed E-state index contributed by atoms with van der Waals surface area (Å²) in [4.78, 5) is 6.74. The standard InChI is InChI=1S/C30H25FN4S/c1-19-18-25(20(2)34(19)27-12-7-9-21-8-3-4-10-24(21)27)29-28(26-11-5-6-17-32-26)33-30(36)35(29)23-15-13-22(31)14-16-23/h3-18,28-29H,1-2H3,(H,33,36)/t28-,29+/m0/s1. The molecule has 36 heavy (non-hydrogen) atoms. The third-order valence-electron chi connectivity index (χ3n) is 7.00. The van der Waals surface area contributed by atoms with Gasteiger partial charge in [-0.2, -0.15) is 0 Å². The predicted molar refractivity (Wildman–Crippen MR) is 147 cm³/mol. The second-order valence-electron chi connectivity index (χ2n) is 9.13. The molecular formula is C30H25FN4S. The summed E-state index contributed by atoms with van der Waals surface area (Å²) in [6.45, 7) is 4.29. The minimum atomic E-state index is -0.274. The number of hydrogen-bond donors (Lipinski definition) is 1. The summed E-state index contributed by atoms with van der Waals surface area (Å²) in [5.41, 5.74) is 6.30. The molecule has 3 heterocycles. The van der Waals surface area contributed by atoms with Gasteiger partial charge < -0.3 is 14.8 Å². The Balaban J connectivity index is 1.55. The van der Waals surface area contributed by atoms with Crippen molar-refractivity contribution < 1.29 is 4.39 Å². The molecule has 6 rings (SSSR count). The topological polar surface area (TPSA) is 33.1 Å². The highest BCUT2D eigenvalue weighted by Gasteiger charge is 2.42. The van der Waals surface area contributed by atoms with Gasteiger partial charge in [0.25, 0.3) is 0 Å². The Morgan fingerprint density at radius 3 is 2.42 bits per heavy atom. The van der Waals surface area contributed by atoms with Crippen molar-refractivity contribution in [1.29, 1.82) is 0 Å². The lowest BCUT2D eigenvalue weighted by Gasteiger charge is -2.28. The number of thiocarbonyl (C=S) groups is 1. The van der Waals surface area contributed by atoms with E-state index in [0.717, 1.165) is 34.0 Å². The highest BCUT2D eigenvalue weighted by Crippen LogP contribution is 2.44. The minimum absolute atomic E-state index is 0.159. The summed E-state index contributed by atoms with van der Waals surface area (Å²) < 4.78 is 16.1. The maximum atomic E-state index is 13.8. The fraction of sp³-hybridized carbons (Fsp3) is 0.133. The first-order valence-corrected chi connectivity index (χ1v) is 12.4. The van der Waals surface area contributed by atoms with E-state index in [0.29, 0.717) is 5.11 Å². The van der Waals surface area contributed by atoms with Crippen molar-refractivity contribution in [3.8, 4) is 5.69 Å². The zero-order valence-corrected chi connectivity index (χ0v) is 20.8. The number of pyridine rings is 1. The maximum absolute atomic E-state index is 13.8. The fourth-order valence-electron chi connectivity index (χ4n) is 5.41. The van der Waals surface area contributed by atoms with E-state index in [2.05, 4.69) is 82.1 Å². The van der Waals surface area contributed by atoms with Crippen LogP contribution in [0.4, 0.5) is 10.1 Å². The molecule has 0 radical (unpaired) electrons. The highest BCUT2D eigenvalue weighted by atomic mass is 32.1. The molecule has 178 valence electrons. The number of rotatable bonds is 4. The largest absolute Gasteiger partial charge is 0.351 e. The Morgan fingerprint density at radius 2 is 1.64 bits per heavy atom. The van der Waals surface area contributed by atoms with Crippen molar-refractivity contribution in [3.63, 3.8) is 0 Å². The zero-order chi connectivity index (χ0) is 24.8. The summed E-state index contributed by atoms with van der Waals surface area (Å²) in [5, 5.41) is 6.49. The molecule has 0 amide bonds. The quantitative estimate of drug-likeness (QED) is 0.275. The van der Waals surface area contributed by atoms with Gasteiger partial charge >= 0.3 is 0 Å². The summed E-state index contributed by atoms with van der Waals surface area (Å²) in [6, 6.07) is 29.2. The number of benzene rings is 3. The number of hydrogen-bond acceptors (Lipinski definition) is 2. The van der Waals surface area contributed by atoms with E-state index in [1.54, 1.807) is 18.3 Å². The van der Waals surface area contributed by atoms with E-state index in [9.17, 15) is 4.39 Å². The van der Waals surface area contributed by atoms with Gasteiger partial charge in [-0.1, -0.05) is 42.5 Å². The zero-order valence-electron chi connectivity index (χ0n) is 20.0. The smallest absolute Gasteiger partial charge is 0.174 e. The Kier molecular flexibility index (Phi) is 5.53. The Morgan fingerprint density at radius 1 is 0.889 bits per heavy atom. The van der Waals surface area contributed by atoms with Crippen LogP contribution in [0, 0.1) is 19.7 Å². The third kappa shape index (κ3) is 3.65. The van der Waals surface area contributed by atoms with Gasteiger partial charge in [0, 0.05) is 28.7 Å². The molecule has 2 aromatic heterocycles. The third-order valence-corrected chi connectivity index (χ3v) is 7.31. The second kappa shape index (κ2) is 8.88. The van der Waals surface area contributed by atoms with Crippen molar-refractivity contribution in [2.45, 2.75) is 25.9 Å². The molecule has 0 bridgehead atoms. The fourth-order valence-corrected chi connectivity index (χ4v) is 5.76. The molecule has 5 aromatic rings. The van der Waals surface area contributed by atoms with Crippen LogP contribution in [0.5, 0.6) is 0 Å². The van der Waals surface area contributed by atoms with Gasteiger partial charge in [0.1, 0.15) is 5.82 Å². The first kappa shape index (κ1) is 22.4. The van der Waals surface area contributed by atoms with Crippen LogP contribution in [0.15, 0.2) is 97.2 Å². The first-order valence-electron chi connectivity index (χ1n) is 12.0. The van der Waals surface area contributed by atoms with E-state index < -0.39 is 0 Å². The molecule has 6 heteroatoms. The average Bonchev–Trinajstić information content (AvgIpc) is 3.39. The van der Waals surface area contributed by atoms with Crippen LogP contribution < -0.4 is 10.2 Å². The van der Waals surface area contributed by atoms with Crippen LogP contribution in [-0.2, 0) is 0 Å². The molecule has 3 aromatic carbocycles. The molecular weight excluding hydrogens is 467 g/mol. The van der Waals surface area contributed by atoms with Gasteiger partial charge in [0.05, 0.1) is 23.5 Å². The van der Waals surface area contributed by atoms with Gasteiger partial charge in [-0.25, -0.2) is 4.39 Å². The lowest BCUT2D eigenvalue weighted by molar-refractivity contribution is 0.565. The summed E-state index contributed by atoms with van der Waals surface area (Å²) in [5.74, 6) is -0.274. The monoisotopic (exact) mass is 492 g/mol. The van der Waals surface area contributed by atoms with Gasteiger partial charge in [-0.05, 0) is 85.5 Å². The summed E-state index contributed by atoms with van der Waals surface area (Å²) in [6.07, 6.45) is 1.80. The molecule has 1 fully saturated rings. The van der Waals surface area contributed by atoms with Crippen molar-refractivity contribution in [2.75, 3.05) is 4.90 Å². The minimum Gasteiger partial charge on any atom is -0.351 e. The first-order chi connectivity index (χ1) is 17.5. The summed E-state index contributed by atoms with van der Waals surface area (Å²) >= 11 is 5.84. The van der Waals surface area contributed by atoms with Crippen LogP contribution in [0.25, 0.3) is 16.5 Å². The van der Waals surface area contributed by atoms with Crippen molar-refractivity contribution in [2.24, 2.45) is 0 Å². The van der Waals surface area contributed by atoms with Crippen LogP contribution in [-0.4, -0.2) is 14.7 Å².